The lowest BCUT2D eigenvalue weighted by Gasteiger charge is -2.23. The van der Waals surface area contributed by atoms with Crippen LogP contribution in [0.4, 0.5) is 0 Å². The second kappa shape index (κ2) is 8.18. The molecule has 0 unspecified atom stereocenters. The smallest absolute Gasteiger partial charge is 0.123 e. The molecule has 0 aliphatic carbocycles. The highest BCUT2D eigenvalue weighted by molar-refractivity contribution is 5.33. The van der Waals surface area contributed by atoms with Crippen molar-refractivity contribution in [2.45, 2.75) is 45.8 Å². The Morgan fingerprint density at radius 2 is 1.95 bits per heavy atom. The molecule has 3 nitrogen and oxygen atoms in total. The molecule has 0 fully saturated rings. The summed E-state index contributed by atoms with van der Waals surface area (Å²) in [4.78, 5) is 0. The van der Waals surface area contributed by atoms with E-state index in [9.17, 15) is 0 Å². The Morgan fingerprint density at radius 3 is 2.63 bits per heavy atom. The first-order chi connectivity index (χ1) is 9.09. The summed E-state index contributed by atoms with van der Waals surface area (Å²) >= 11 is 0. The first-order valence-corrected chi connectivity index (χ1v) is 7.05. The van der Waals surface area contributed by atoms with Crippen molar-refractivity contribution in [2.75, 3.05) is 20.3 Å². The SMILES string of the molecule is CCCNCc1ccccc1OCCC(C)(C)OC. The normalized spacial score (nSPS) is 11.6. The van der Waals surface area contributed by atoms with Crippen molar-refractivity contribution in [3.8, 4) is 5.75 Å². The monoisotopic (exact) mass is 265 g/mol. The van der Waals surface area contributed by atoms with Crippen LogP contribution in [0.2, 0.25) is 0 Å². The zero-order valence-electron chi connectivity index (χ0n) is 12.7. The lowest BCUT2D eigenvalue weighted by molar-refractivity contribution is 0.00537. The highest BCUT2D eigenvalue weighted by atomic mass is 16.5. The number of ether oxygens (including phenoxy) is 2. The number of hydrogen-bond acceptors (Lipinski definition) is 3. The quantitative estimate of drug-likeness (QED) is 0.694. The minimum Gasteiger partial charge on any atom is -0.493 e. The van der Waals surface area contributed by atoms with Crippen LogP contribution < -0.4 is 10.1 Å². The first-order valence-electron chi connectivity index (χ1n) is 7.05. The van der Waals surface area contributed by atoms with Crippen molar-refractivity contribution in [3.05, 3.63) is 29.8 Å². The zero-order chi connectivity index (χ0) is 14.1. The Morgan fingerprint density at radius 1 is 1.21 bits per heavy atom. The van der Waals surface area contributed by atoms with E-state index in [0.29, 0.717) is 6.61 Å². The van der Waals surface area contributed by atoms with Crippen LogP contribution in [0.25, 0.3) is 0 Å². The van der Waals surface area contributed by atoms with Gasteiger partial charge in [0.15, 0.2) is 0 Å². The maximum Gasteiger partial charge on any atom is 0.123 e. The van der Waals surface area contributed by atoms with Crippen molar-refractivity contribution in [1.82, 2.24) is 5.32 Å². The van der Waals surface area contributed by atoms with Gasteiger partial charge in [-0.25, -0.2) is 0 Å². The molecule has 3 heteroatoms. The third-order valence-electron chi connectivity index (χ3n) is 3.23. The highest BCUT2D eigenvalue weighted by Crippen LogP contribution is 2.20. The van der Waals surface area contributed by atoms with Crippen molar-refractivity contribution in [1.29, 1.82) is 0 Å². The first kappa shape index (κ1) is 16.0. The van der Waals surface area contributed by atoms with E-state index in [4.69, 9.17) is 9.47 Å². The second-order valence-corrected chi connectivity index (χ2v) is 5.35. The van der Waals surface area contributed by atoms with Gasteiger partial charge >= 0.3 is 0 Å². The van der Waals surface area contributed by atoms with Gasteiger partial charge in [-0.3, -0.25) is 0 Å². The molecule has 1 rings (SSSR count). The average molecular weight is 265 g/mol. The fraction of sp³-hybridized carbons (Fsp3) is 0.625. The molecule has 0 saturated carbocycles. The highest BCUT2D eigenvalue weighted by Gasteiger charge is 2.16. The molecule has 0 heterocycles. The molecule has 0 radical (unpaired) electrons. The lowest BCUT2D eigenvalue weighted by Crippen LogP contribution is -2.25. The van der Waals surface area contributed by atoms with E-state index in [1.165, 1.54) is 5.56 Å². The Kier molecular flexibility index (Phi) is 6.89. The van der Waals surface area contributed by atoms with Crippen molar-refractivity contribution < 1.29 is 9.47 Å². The molecular formula is C16H27NO2. The van der Waals surface area contributed by atoms with E-state index in [1.54, 1.807) is 7.11 Å². The van der Waals surface area contributed by atoms with Gasteiger partial charge in [0, 0.05) is 25.6 Å². The summed E-state index contributed by atoms with van der Waals surface area (Å²) in [6.45, 7) is 8.88. The van der Waals surface area contributed by atoms with E-state index in [2.05, 4.69) is 38.2 Å². The van der Waals surface area contributed by atoms with E-state index < -0.39 is 0 Å². The summed E-state index contributed by atoms with van der Waals surface area (Å²) in [5.41, 5.74) is 1.08. The van der Waals surface area contributed by atoms with Gasteiger partial charge < -0.3 is 14.8 Å². The Labute approximate surface area is 117 Å². The fourth-order valence-electron chi connectivity index (χ4n) is 1.70. The maximum absolute atomic E-state index is 5.89. The van der Waals surface area contributed by atoms with Gasteiger partial charge in [0.2, 0.25) is 0 Å². The molecular weight excluding hydrogens is 238 g/mol. The van der Waals surface area contributed by atoms with Gasteiger partial charge in [-0.15, -0.1) is 0 Å². The summed E-state index contributed by atoms with van der Waals surface area (Å²) in [7, 11) is 1.74. The molecule has 19 heavy (non-hydrogen) atoms. The van der Waals surface area contributed by atoms with Crippen molar-refractivity contribution in [2.24, 2.45) is 0 Å². The molecule has 0 aromatic heterocycles. The van der Waals surface area contributed by atoms with Crippen molar-refractivity contribution in [3.63, 3.8) is 0 Å². The summed E-state index contributed by atoms with van der Waals surface area (Å²) in [6.07, 6.45) is 2.02. The molecule has 1 aromatic carbocycles. The number of hydrogen-bond donors (Lipinski definition) is 1. The minimum atomic E-state index is -0.130. The van der Waals surface area contributed by atoms with Gasteiger partial charge in [0.25, 0.3) is 0 Å². The summed E-state index contributed by atoms with van der Waals surface area (Å²) in [6, 6.07) is 8.21. The molecule has 0 saturated heterocycles. The van der Waals surface area contributed by atoms with Gasteiger partial charge in [-0.2, -0.15) is 0 Å². The van der Waals surface area contributed by atoms with E-state index in [0.717, 1.165) is 31.7 Å². The van der Waals surface area contributed by atoms with Crippen LogP contribution >= 0.6 is 0 Å². The van der Waals surface area contributed by atoms with Crippen LogP contribution in [-0.2, 0) is 11.3 Å². The summed E-state index contributed by atoms with van der Waals surface area (Å²) in [5.74, 6) is 0.970. The molecule has 0 amide bonds. The third-order valence-corrected chi connectivity index (χ3v) is 3.23. The molecule has 0 spiro atoms. The van der Waals surface area contributed by atoms with Gasteiger partial charge in [0.05, 0.1) is 12.2 Å². The van der Waals surface area contributed by atoms with E-state index in [-0.39, 0.29) is 5.60 Å². The molecule has 0 bridgehead atoms. The van der Waals surface area contributed by atoms with Gasteiger partial charge in [0.1, 0.15) is 5.75 Å². The predicted molar refractivity (Wildman–Crippen MR) is 79.6 cm³/mol. The van der Waals surface area contributed by atoms with Crippen LogP contribution in [0.3, 0.4) is 0 Å². The standard InChI is InChI=1S/C16H27NO2/c1-5-11-17-13-14-8-6-7-9-15(14)19-12-10-16(2,3)18-4/h6-9,17H,5,10-13H2,1-4H3. The van der Waals surface area contributed by atoms with E-state index in [1.807, 2.05) is 12.1 Å². The molecule has 0 atom stereocenters. The van der Waals surface area contributed by atoms with Gasteiger partial charge in [-0.05, 0) is 32.9 Å². The molecule has 1 N–H and O–H groups in total. The number of benzene rings is 1. The topological polar surface area (TPSA) is 30.5 Å². The largest absolute Gasteiger partial charge is 0.493 e. The molecule has 108 valence electrons. The van der Waals surface area contributed by atoms with Crippen LogP contribution in [0, 0.1) is 0 Å². The number of rotatable bonds is 9. The Bertz CT molecular complexity index is 364. The Hall–Kier alpha value is -1.06. The molecule has 1 aromatic rings. The lowest BCUT2D eigenvalue weighted by atomic mass is 10.1. The van der Waals surface area contributed by atoms with Crippen LogP contribution in [-0.4, -0.2) is 25.9 Å². The van der Waals surface area contributed by atoms with Crippen LogP contribution in [0.15, 0.2) is 24.3 Å². The predicted octanol–water partition coefficient (Wildman–Crippen LogP) is 3.38. The third kappa shape index (κ3) is 6.08. The molecule has 0 aliphatic rings. The average Bonchev–Trinajstić information content (AvgIpc) is 2.41. The maximum atomic E-state index is 5.89. The van der Waals surface area contributed by atoms with Crippen LogP contribution in [0.1, 0.15) is 39.2 Å². The number of para-hydroxylation sites is 1. The Balaban J connectivity index is 2.48. The van der Waals surface area contributed by atoms with Gasteiger partial charge in [-0.1, -0.05) is 25.1 Å². The second-order valence-electron chi connectivity index (χ2n) is 5.35. The van der Waals surface area contributed by atoms with E-state index >= 15 is 0 Å². The minimum absolute atomic E-state index is 0.130. The van der Waals surface area contributed by atoms with Crippen LogP contribution in [0.5, 0.6) is 5.75 Å². The fourth-order valence-corrected chi connectivity index (χ4v) is 1.70. The van der Waals surface area contributed by atoms with Crippen molar-refractivity contribution >= 4 is 0 Å². The number of methoxy groups -OCH3 is 1. The summed E-state index contributed by atoms with van der Waals surface area (Å²) < 4.78 is 11.3. The zero-order valence-corrected chi connectivity index (χ0v) is 12.7. The number of nitrogens with one attached hydrogen (secondary N) is 1. The summed E-state index contributed by atoms with van der Waals surface area (Å²) in [5, 5.41) is 3.40. The molecule has 0 aliphatic heterocycles.